The molecule has 0 unspecified atom stereocenters. The van der Waals surface area contributed by atoms with Gasteiger partial charge in [0.05, 0.1) is 12.0 Å². The summed E-state index contributed by atoms with van der Waals surface area (Å²) >= 11 is 0. The van der Waals surface area contributed by atoms with Gasteiger partial charge in [-0.2, -0.15) is 4.98 Å². The van der Waals surface area contributed by atoms with E-state index in [4.69, 9.17) is 9.51 Å². The molecule has 2 aliphatic rings. The van der Waals surface area contributed by atoms with Crippen molar-refractivity contribution in [3.05, 3.63) is 47.6 Å². The van der Waals surface area contributed by atoms with Crippen molar-refractivity contribution in [2.24, 2.45) is 0 Å². The number of rotatable bonds is 5. The normalized spacial score (nSPS) is 20.8. The number of hydrogen-bond acceptors (Lipinski definition) is 4. The van der Waals surface area contributed by atoms with Gasteiger partial charge in [0.15, 0.2) is 5.82 Å². The fourth-order valence-corrected chi connectivity index (χ4v) is 3.42. The quantitative estimate of drug-likeness (QED) is 0.915. The minimum Gasteiger partial charge on any atom is -0.338 e. The molecule has 0 aliphatic heterocycles. The van der Waals surface area contributed by atoms with Crippen molar-refractivity contribution in [3.8, 4) is 0 Å². The van der Waals surface area contributed by atoms with Gasteiger partial charge in [-0.15, -0.1) is 0 Å². The molecule has 4 heteroatoms. The summed E-state index contributed by atoms with van der Waals surface area (Å²) in [5, 5.41) is 7.75. The Morgan fingerprint density at radius 2 is 1.90 bits per heavy atom. The van der Waals surface area contributed by atoms with E-state index in [1.54, 1.807) is 0 Å². The lowest BCUT2D eigenvalue weighted by molar-refractivity contribution is 0.351. The first-order valence-electron chi connectivity index (χ1n) is 7.99. The maximum atomic E-state index is 5.48. The fraction of sp³-hybridized carbons (Fsp3) is 0.529. The van der Waals surface area contributed by atoms with Crippen LogP contribution >= 0.6 is 0 Å². The first-order chi connectivity index (χ1) is 10.4. The molecular weight excluding hydrogens is 262 g/mol. The Labute approximate surface area is 124 Å². The zero-order chi connectivity index (χ0) is 14.1. The van der Waals surface area contributed by atoms with Gasteiger partial charge in [-0.1, -0.05) is 48.3 Å². The van der Waals surface area contributed by atoms with Gasteiger partial charge in [0.25, 0.3) is 0 Å². The van der Waals surface area contributed by atoms with Crippen molar-refractivity contribution in [2.45, 2.75) is 56.5 Å². The minimum atomic E-state index is -0.0391. The molecule has 1 aromatic heterocycles. The van der Waals surface area contributed by atoms with Crippen LogP contribution in [0.15, 0.2) is 34.9 Å². The van der Waals surface area contributed by atoms with E-state index < -0.39 is 0 Å². The van der Waals surface area contributed by atoms with E-state index in [2.05, 4.69) is 40.8 Å². The van der Waals surface area contributed by atoms with Gasteiger partial charge in [-0.25, -0.2) is 0 Å². The molecule has 0 radical (unpaired) electrons. The van der Waals surface area contributed by atoms with Crippen LogP contribution < -0.4 is 5.32 Å². The molecule has 2 aliphatic carbocycles. The second kappa shape index (κ2) is 5.26. The molecule has 1 aromatic carbocycles. The second-order valence-electron chi connectivity index (χ2n) is 6.32. The van der Waals surface area contributed by atoms with Crippen molar-refractivity contribution in [1.82, 2.24) is 15.5 Å². The number of benzene rings is 1. The van der Waals surface area contributed by atoms with Gasteiger partial charge in [0.2, 0.25) is 5.89 Å². The Morgan fingerprint density at radius 3 is 2.62 bits per heavy atom. The Morgan fingerprint density at radius 1 is 1.14 bits per heavy atom. The Bertz CT molecular complexity index is 598. The van der Waals surface area contributed by atoms with Gasteiger partial charge in [0.1, 0.15) is 0 Å². The average Bonchev–Trinajstić information content (AvgIpc) is 3.04. The summed E-state index contributed by atoms with van der Waals surface area (Å²) in [6.45, 7) is 0.697. The molecule has 2 saturated carbocycles. The lowest BCUT2D eigenvalue weighted by Gasteiger charge is -2.25. The lowest BCUT2D eigenvalue weighted by atomic mass is 9.78. The predicted molar refractivity (Wildman–Crippen MR) is 79.8 cm³/mol. The van der Waals surface area contributed by atoms with E-state index in [-0.39, 0.29) is 5.41 Å². The van der Waals surface area contributed by atoms with E-state index in [0.717, 1.165) is 24.6 Å². The predicted octanol–water partition coefficient (Wildman–Crippen LogP) is 3.18. The highest BCUT2D eigenvalue weighted by Gasteiger charge is 2.41. The molecule has 0 saturated heterocycles. The number of hydrogen-bond donors (Lipinski definition) is 1. The Balaban J connectivity index is 1.61. The number of nitrogens with zero attached hydrogens (tertiary/aromatic N) is 2. The fourth-order valence-electron chi connectivity index (χ4n) is 3.42. The van der Waals surface area contributed by atoms with Crippen molar-refractivity contribution in [2.75, 3.05) is 0 Å². The number of nitrogens with one attached hydrogen (secondary N) is 1. The van der Waals surface area contributed by atoms with E-state index in [9.17, 15) is 0 Å². The number of aromatic nitrogens is 2. The molecule has 2 fully saturated rings. The maximum Gasteiger partial charge on any atom is 0.240 e. The molecule has 1 heterocycles. The second-order valence-corrected chi connectivity index (χ2v) is 6.32. The van der Waals surface area contributed by atoms with Crippen LogP contribution in [0.25, 0.3) is 0 Å². The first kappa shape index (κ1) is 13.0. The standard InChI is InChI=1S/C17H21N3O/c1-2-6-13(7-3-1)17(10-4-5-11-17)16-19-15(21-20-16)12-18-14-8-9-14/h1-3,6-7,14,18H,4-5,8-12H2. The Hall–Kier alpha value is -1.68. The largest absolute Gasteiger partial charge is 0.338 e. The molecule has 4 rings (SSSR count). The van der Waals surface area contributed by atoms with Crippen molar-refractivity contribution < 1.29 is 4.52 Å². The summed E-state index contributed by atoms with van der Waals surface area (Å²) in [5.41, 5.74) is 1.28. The summed E-state index contributed by atoms with van der Waals surface area (Å²) in [4.78, 5) is 4.70. The first-order valence-corrected chi connectivity index (χ1v) is 7.99. The maximum absolute atomic E-state index is 5.48. The van der Waals surface area contributed by atoms with Gasteiger partial charge >= 0.3 is 0 Å². The molecule has 0 amide bonds. The van der Waals surface area contributed by atoms with Crippen LogP contribution in [0.1, 0.15) is 55.8 Å². The minimum absolute atomic E-state index is 0.0391. The van der Waals surface area contributed by atoms with E-state index in [0.29, 0.717) is 12.6 Å². The molecule has 110 valence electrons. The van der Waals surface area contributed by atoms with Gasteiger partial charge in [-0.3, -0.25) is 0 Å². The third-order valence-corrected chi connectivity index (χ3v) is 4.80. The van der Waals surface area contributed by atoms with Crippen LogP contribution in [0.2, 0.25) is 0 Å². The average molecular weight is 283 g/mol. The molecule has 4 nitrogen and oxygen atoms in total. The van der Waals surface area contributed by atoms with Gasteiger partial charge in [0, 0.05) is 6.04 Å². The zero-order valence-electron chi connectivity index (χ0n) is 12.2. The highest BCUT2D eigenvalue weighted by Crippen LogP contribution is 2.45. The van der Waals surface area contributed by atoms with Gasteiger partial charge < -0.3 is 9.84 Å². The van der Waals surface area contributed by atoms with Crippen LogP contribution in [-0.4, -0.2) is 16.2 Å². The van der Waals surface area contributed by atoms with Gasteiger partial charge in [-0.05, 0) is 31.2 Å². The van der Waals surface area contributed by atoms with E-state index in [1.165, 1.54) is 31.2 Å². The summed E-state index contributed by atoms with van der Waals surface area (Å²) < 4.78 is 5.48. The van der Waals surface area contributed by atoms with Crippen LogP contribution in [0.5, 0.6) is 0 Å². The molecule has 0 atom stereocenters. The SMILES string of the molecule is c1ccc(C2(c3noc(CNC4CC4)n3)CCCC2)cc1. The van der Waals surface area contributed by atoms with Crippen molar-refractivity contribution in [1.29, 1.82) is 0 Å². The molecular formula is C17H21N3O. The Kier molecular flexibility index (Phi) is 3.26. The topological polar surface area (TPSA) is 51.0 Å². The van der Waals surface area contributed by atoms with Crippen molar-refractivity contribution in [3.63, 3.8) is 0 Å². The van der Waals surface area contributed by atoms with Crippen LogP contribution in [0, 0.1) is 0 Å². The molecule has 21 heavy (non-hydrogen) atoms. The smallest absolute Gasteiger partial charge is 0.240 e. The zero-order valence-corrected chi connectivity index (χ0v) is 12.2. The molecule has 0 bridgehead atoms. The summed E-state index contributed by atoms with van der Waals surface area (Å²) in [6.07, 6.45) is 7.25. The highest BCUT2D eigenvalue weighted by molar-refractivity contribution is 5.33. The lowest BCUT2D eigenvalue weighted by Crippen LogP contribution is -2.25. The van der Waals surface area contributed by atoms with E-state index in [1.807, 2.05) is 0 Å². The summed E-state index contributed by atoms with van der Waals surface area (Å²) in [7, 11) is 0. The van der Waals surface area contributed by atoms with Crippen molar-refractivity contribution >= 4 is 0 Å². The summed E-state index contributed by atoms with van der Waals surface area (Å²) in [5.74, 6) is 1.60. The third kappa shape index (κ3) is 2.48. The molecule has 0 spiro atoms. The monoisotopic (exact) mass is 283 g/mol. The highest BCUT2D eigenvalue weighted by atomic mass is 16.5. The van der Waals surface area contributed by atoms with Crippen LogP contribution in [0.4, 0.5) is 0 Å². The third-order valence-electron chi connectivity index (χ3n) is 4.80. The summed E-state index contributed by atoms with van der Waals surface area (Å²) in [6, 6.07) is 11.3. The van der Waals surface area contributed by atoms with Crippen LogP contribution in [0.3, 0.4) is 0 Å². The molecule has 1 N–H and O–H groups in total. The van der Waals surface area contributed by atoms with E-state index >= 15 is 0 Å². The van der Waals surface area contributed by atoms with Crippen LogP contribution in [-0.2, 0) is 12.0 Å². The molecule has 2 aromatic rings.